The third-order valence-corrected chi connectivity index (χ3v) is 5.43. The van der Waals surface area contributed by atoms with Crippen LogP contribution in [0.2, 0.25) is 5.02 Å². The molecule has 2 atom stereocenters. The average Bonchev–Trinajstić information content (AvgIpc) is 3.08. The summed E-state index contributed by atoms with van der Waals surface area (Å²) in [5.74, 6) is -1.59. The van der Waals surface area contributed by atoms with Crippen LogP contribution in [0.25, 0.3) is 27.5 Å². The first-order valence-electron chi connectivity index (χ1n) is 8.81. The number of alkyl halides is 2. The second-order valence-corrected chi connectivity index (χ2v) is 7.31. The molecule has 1 saturated carbocycles. The lowest BCUT2D eigenvalue weighted by molar-refractivity contribution is -0.117. The molecular weight excluding hydrogens is 407 g/mol. The van der Waals surface area contributed by atoms with Crippen LogP contribution in [0.4, 0.5) is 19.0 Å². The fourth-order valence-corrected chi connectivity index (χ4v) is 3.77. The third-order valence-electron chi connectivity index (χ3n) is 5.07. The van der Waals surface area contributed by atoms with Crippen LogP contribution >= 0.6 is 11.6 Å². The Balaban J connectivity index is 1.58. The minimum absolute atomic E-state index is 0.173. The lowest BCUT2D eigenvalue weighted by Crippen LogP contribution is -2.15. The zero-order valence-corrected chi connectivity index (χ0v) is 15.5. The van der Waals surface area contributed by atoms with E-state index in [4.69, 9.17) is 11.6 Å². The molecule has 1 fully saturated rings. The molecule has 1 amide bonds. The quantitative estimate of drug-likeness (QED) is 0.513. The number of H-pyrrole nitrogens is 1. The van der Waals surface area contributed by atoms with Crippen molar-refractivity contribution in [2.24, 2.45) is 5.92 Å². The van der Waals surface area contributed by atoms with Gasteiger partial charge in [0.05, 0.1) is 28.2 Å². The standard InChI is InChI=1S/C19H13ClF3N5O/c20-16-15(12-7-24-26-18(12)11(6-21)17(16)23)8-1-2-28-9(3-8)4-14(27-28)25-19(29)10-5-13(10)22/h1-4,7,10,13H,5-6H2,(H,24,26)(H,25,27,29). The topological polar surface area (TPSA) is 75.1 Å². The highest BCUT2D eigenvalue weighted by Gasteiger charge is 2.43. The predicted molar refractivity (Wildman–Crippen MR) is 102 cm³/mol. The summed E-state index contributed by atoms with van der Waals surface area (Å²) in [5.41, 5.74) is 1.62. The number of aromatic nitrogens is 4. The molecule has 2 unspecified atom stereocenters. The molecule has 2 N–H and O–H groups in total. The number of amides is 1. The Hall–Kier alpha value is -3.07. The van der Waals surface area contributed by atoms with E-state index in [1.807, 2.05) is 0 Å². The lowest BCUT2D eigenvalue weighted by Gasteiger charge is -2.11. The molecule has 0 aliphatic heterocycles. The average molecular weight is 420 g/mol. The van der Waals surface area contributed by atoms with E-state index in [9.17, 15) is 18.0 Å². The van der Waals surface area contributed by atoms with Gasteiger partial charge in [0.15, 0.2) is 5.82 Å². The molecule has 0 saturated heterocycles. The van der Waals surface area contributed by atoms with E-state index in [0.29, 0.717) is 22.0 Å². The van der Waals surface area contributed by atoms with Gasteiger partial charge in [-0.1, -0.05) is 11.6 Å². The van der Waals surface area contributed by atoms with Crippen LogP contribution in [0.1, 0.15) is 12.0 Å². The third kappa shape index (κ3) is 2.84. The first-order valence-corrected chi connectivity index (χ1v) is 9.19. The van der Waals surface area contributed by atoms with E-state index in [2.05, 4.69) is 20.6 Å². The molecular formula is C19H13ClF3N5O. The number of anilines is 1. The SMILES string of the molecule is O=C(Nc1cc2cc(-c3c(Cl)c(F)c(CF)c4[nH]ncc34)ccn2n1)C1CC1F. The molecule has 5 rings (SSSR count). The minimum Gasteiger partial charge on any atom is -0.309 e. The molecule has 1 aromatic carbocycles. The Labute approximate surface area is 166 Å². The first kappa shape index (κ1) is 18.0. The number of benzene rings is 1. The summed E-state index contributed by atoms with van der Waals surface area (Å²) in [4.78, 5) is 11.9. The number of pyridine rings is 1. The molecule has 10 heteroatoms. The number of nitrogens with zero attached hydrogens (tertiary/aromatic N) is 3. The van der Waals surface area contributed by atoms with Crippen LogP contribution < -0.4 is 5.32 Å². The number of carbonyl (C=O) groups is 1. The Kier molecular flexibility index (Phi) is 4.02. The second-order valence-electron chi connectivity index (χ2n) is 6.94. The number of rotatable bonds is 4. The number of halogens is 4. The van der Waals surface area contributed by atoms with Gasteiger partial charge in [-0.3, -0.25) is 9.89 Å². The van der Waals surface area contributed by atoms with Crippen molar-refractivity contribution < 1.29 is 18.0 Å². The van der Waals surface area contributed by atoms with E-state index < -0.39 is 30.5 Å². The zero-order valence-electron chi connectivity index (χ0n) is 14.7. The smallest absolute Gasteiger partial charge is 0.231 e. The molecule has 148 valence electrons. The van der Waals surface area contributed by atoms with Gasteiger partial charge in [-0.05, 0) is 24.1 Å². The van der Waals surface area contributed by atoms with Crippen molar-refractivity contribution in [3.63, 3.8) is 0 Å². The minimum atomic E-state index is -1.10. The Bertz CT molecular complexity index is 1280. The van der Waals surface area contributed by atoms with Gasteiger partial charge in [0.2, 0.25) is 5.91 Å². The Morgan fingerprint density at radius 2 is 2.21 bits per heavy atom. The maximum absolute atomic E-state index is 14.6. The molecule has 3 heterocycles. The summed E-state index contributed by atoms with van der Waals surface area (Å²) in [7, 11) is 0. The molecule has 6 nitrogen and oxygen atoms in total. The van der Waals surface area contributed by atoms with Gasteiger partial charge in [-0.2, -0.15) is 10.2 Å². The van der Waals surface area contributed by atoms with Crippen LogP contribution in [0.5, 0.6) is 0 Å². The summed E-state index contributed by atoms with van der Waals surface area (Å²) in [5, 5.41) is 13.6. The summed E-state index contributed by atoms with van der Waals surface area (Å²) in [6.07, 6.45) is 2.21. The van der Waals surface area contributed by atoms with Crippen LogP contribution in [0.3, 0.4) is 0 Å². The number of hydrogen-bond donors (Lipinski definition) is 2. The predicted octanol–water partition coefficient (Wildman–Crippen LogP) is 4.44. The van der Waals surface area contributed by atoms with Crippen molar-refractivity contribution in [3.05, 3.63) is 47.0 Å². The van der Waals surface area contributed by atoms with Crippen molar-refractivity contribution in [2.45, 2.75) is 19.3 Å². The van der Waals surface area contributed by atoms with E-state index in [1.165, 1.54) is 10.7 Å². The highest BCUT2D eigenvalue weighted by Crippen LogP contribution is 2.40. The highest BCUT2D eigenvalue weighted by molar-refractivity contribution is 6.35. The van der Waals surface area contributed by atoms with E-state index >= 15 is 0 Å². The van der Waals surface area contributed by atoms with E-state index in [-0.39, 0.29) is 28.3 Å². The number of carbonyl (C=O) groups excluding carboxylic acids is 1. The molecule has 0 bridgehead atoms. The van der Waals surface area contributed by atoms with Crippen molar-refractivity contribution in [1.29, 1.82) is 0 Å². The van der Waals surface area contributed by atoms with Crippen molar-refractivity contribution in [1.82, 2.24) is 19.8 Å². The molecule has 4 aromatic rings. The summed E-state index contributed by atoms with van der Waals surface area (Å²) in [6.45, 7) is -1.02. The zero-order chi connectivity index (χ0) is 20.3. The van der Waals surface area contributed by atoms with Gasteiger partial charge in [0, 0.05) is 28.8 Å². The summed E-state index contributed by atoms with van der Waals surface area (Å²) in [6, 6.07) is 5.00. The fourth-order valence-electron chi connectivity index (χ4n) is 3.45. The Morgan fingerprint density at radius 1 is 1.41 bits per heavy atom. The number of aromatic amines is 1. The van der Waals surface area contributed by atoms with Gasteiger partial charge < -0.3 is 5.32 Å². The van der Waals surface area contributed by atoms with Gasteiger partial charge in [-0.25, -0.2) is 17.7 Å². The second kappa shape index (κ2) is 6.48. The maximum Gasteiger partial charge on any atom is 0.231 e. The Morgan fingerprint density at radius 3 is 2.93 bits per heavy atom. The maximum atomic E-state index is 14.6. The van der Waals surface area contributed by atoms with Crippen molar-refractivity contribution in [2.75, 3.05) is 5.32 Å². The van der Waals surface area contributed by atoms with Crippen molar-refractivity contribution >= 4 is 39.7 Å². The fraction of sp³-hybridized carbons (Fsp3) is 0.211. The molecule has 1 aliphatic carbocycles. The van der Waals surface area contributed by atoms with Gasteiger partial charge in [-0.15, -0.1) is 0 Å². The van der Waals surface area contributed by atoms with E-state index in [0.717, 1.165) is 0 Å². The highest BCUT2D eigenvalue weighted by atomic mass is 35.5. The van der Waals surface area contributed by atoms with Gasteiger partial charge in [0.25, 0.3) is 0 Å². The largest absolute Gasteiger partial charge is 0.309 e. The molecule has 29 heavy (non-hydrogen) atoms. The molecule has 1 aliphatic rings. The van der Waals surface area contributed by atoms with Crippen LogP contribution in [0.15, 0.2) is 30.6 Å². The van der Waals surface area contributed by atoms with Gasteiger partial charge >= 0.3 is 0 Å². The van der Waals surface area contributed by atoms with Gasteiger partial charge in [0.1, 0.15) is 18.7 Å². The van der Waals surface area contributed by atoms with Crippen LogP contribution in [-0.4, -0.2) is 31.9 Å². The monoisotopic (exact) mass is 419 g/mol. The number of fused-ring (bicyclic) bond motifs is 2. The van der Waals surface area contributed by atoms with Crippen LogP contribution in [-0.2, 0) is 11.5 Å². The van der Waals surface area contributed by atoms with Crippen LogP contribution in [0, 0.1) is 11.7 Å². The first-order chi connectivity index (χ1) is 14.0. The molecule has 0 spiro atoms. The number of nitrogens with one attached hydrogen (secondary N) is 2. The lowest BCUT2D eigenvalue weighted by atomic mass is 9.99. The summed E-state index contributed by atoms with van der Waals surface area (Å²) < 4.78 is 42.5. The molecule has 3 aromatic heterocycles. The molecule has 0 radical (unpaired) electrons. The number of hydrogen-bond acceptors (Lipinski definition) is 3. The normalized spacial score (nSPS) is 18.5. The van der Waals surface area contributed by atoms with E-state index in [1.54, 1.807) is 24.4 Å². The summed E-state index contributed by atoms with van der Waals surface area (Å²) >= 11 is 6.23. The van der Waals surface area contributed by atoms with Crippen molar-refractivity contribution in [3.8, 4) is 11.1 Å².